The number of aromatic nitrogens is 17. The highest BCUT2D eigenvalue weighted by atomic mass is 32.2. The van der Waals surface area contributed by atoms with Crippen LogP contribution < -0.4 is 30.2 Å². The molecule has 4 aromatic carbocycles. The Bertz CT molecular complexity index is 6750. The van der Waals surface area contributed by atoms with E-state index in [2.05, 4.69) is 136 Å². The number of para-hydroxylation sites is 6. The summed E-state index contributed by atoms with van der Waals surface area (Å²) in [6.07, 6.45) is 16.4. The van der Waals surface area contributed by atoms with Gasteiger partial charge in [-0.1, -0.05) is 54.6 Å². The molecule has 13 aromatic rings. The Labute approximate surface area is 813 Å². The Morgan fingerprint density at radius 1 is 0.321 bits per heavy atom. The zero-order valence-electron chi connectivity index (χ0n) is 80.0. The SMILES string of the molecule is C[C@@H]1COCCN1c1cc(N=S(C)(=O)C2COC2)nc(-n2cnc3ccccc32)n1.C[C@@H]1COCCN1c1cc(N=S(C)(C)=O)nc(-c2cccc(N)n2)n1.C[C@@H]1COCCN1c1cc(N=S(C)(C)=O)nc(-c2cccc(O)c2)n1.C[C@@H]1COCCN1c1cc(N=[S@@](C)(=O)C2COC2)nc(-n2cnc3ccccc32)n1.C[C@@H]1COCCN1c1cc(N=[S@@](C)(=O)C2COC2)nc(-n2cnc3ccccc32)n1. The normalized spacial score (nSPS) is 20.6. The molecule has 0 radical (unpaired) electrons. The van der Waals surface area contributed by atoms with Crippen LogP contribution in [0.2, 0.25) is 0 Å². The summed E-state index contributed by atoms with van der Waals surface area (Å²) in [5, 5.41) is 9.52. The first-order chi connectivity index (χ1) is 67.2. The maximum Gasteiger partial charge on any atom is 0.239 e. The van der Waals surface area contributed by atoms with Crippen molar-refractivity contribution in [2.24, 2.45) is 21.8 Å². The van der Waals surface area contributed by atoms with Crippen LogP contribution in [0.1, 0.15) is 34.6 Å². The topological polar surface area (TPSA) is 479 Å². The van der Waals surface area contributed by atoms with E-state index in [0.717, 1.165) is 76.7 Å². The number of phenols is 1. The van der Waals surface area contributed by atoms with Crippen molar-refractivity contribution in [2.75, 3.05) is 212 Å². The summed E-state index contributed by atoms with van der Waals surface area (Å²) in [7, 11) is -12.1. The molecule has 140 heavy (non-hydrogen) atoms. The molecule has 8 atom stereocenters. The Morgan fingerprint density at radius 2 is 0.621 bits per heavy atom. The monoisotopic (exact) mass is 2010 g/mol. The zero-order chi connectivity index (χ0) is 98.2. The molecule has 42 nitrogen and oxygen atoms in total. The van der Waals surface area contributed by atoms with Crippen molar-refractivity contribution in [3.8, 4) is 46.5 Å². The van der Waals surface area contributed by atoms with Gasteiger partial charge in [-0.15, -0.1) is 0 Å². The number of pyridine rings is 1. The maximum atomic E-state index is 13.1. The number of fused-ring (bicyclic) bond motifs is 3. The third kappa shape index (κ3) is 24.4. The lowest BCUT2D eigenvalue weighted by molar-refractivity contribution is 0.0430. The minimum Gasteiger partial charge on any atom is -0.508 e. The number of nitrogens with two attached hydrogens (primary N) is 1. The molecule has 17 heterocycles. The Morgan fingerprint density at radius 3 is 0.921 bits per heavy atom. The van der Waals surface area contributed by atoms with E-state index in [1.807, 2.05) is 111 Å². The van der Waals surface area contributed by atoms with Crippen molar-refractivity contribution in [2.45, 2.75) is 80.6 Å². The molecule has 21 rings (SSSR count). The van der Waals surface area contributed by atoms with Crippen molar-refractivity contribution >= 4 is 146 Å². The average Bonchev–Trinajstić information content (AvgIpc) is 1.64. The van der Waals surface area contributed by atoms with Gasteiger partial charge in [0.1, 0.15) is 65.3 Å². The number of hydrogen-bond acceptors (Lipinski definition) is 39. The molecule has 47 heteroatoms. The molecule has 8 aliphatic heterocycles. The second-order valence-electron chi connectivity index (χ2n) is 35.7. The van der Waals surface area contributed by atoms with E-state index in [4.69, 9.17) is 58.6 Å². The Kier molecular flexibility index (Phi) is 30.6. The molecular weight excluding hydrogens is 1890 g/mol. The number of hydrogen-bond donors (Lipinski definition) is 2. The van der Waals surface area contributed by atoms with Crippen molar-refractivity contribution in [1.82, 2.24) is 83.5 Å². The average molecular weight is 2010 g/mol. The minimum atomic E-state index is -2.47. The predicted octanol–water partition coefficient (Wildman–Crippen LogP) is 10.6. The highest BCUT2D eigenvalue weighted by molar-refractivity contribution is 7.94. The van der Waals surface area contributed by atoms with Gasteiger partial charge < -0.3 is 73.2 Å². The molecule has 1 unspecified atom stereocenters. The second-order valence-corrected chi connectivity index (χ2v) is 48.5. The molecule has 9 aromatic heterocycles. The number of phenolic OH excluding ortho intramolecular Hbond substituents is 1. The van der Waals surface area contributed by atoms with Crippen molar-refractivity contribution in [3.05, 3.63) is 165 Å². The van der Waals surface area contributed by atoms with Crippen LogP contribution in [0.15, 0.2) is 186 Å². The molecule has 8 fully saturated rings. The fourth-order valence-corrected chi connectivity index (χ4v) is 21.2. The third-order valence-electron chi connectivity index (χ3n) is 24.0. The van der Waals surface area contributed by atoms with Gasteiger partial charge in [0, 0.05) is 132 Å². The maximum absolute atomic E-state index is 13.1. The van der Waals surface area contributed by atoms with Gasteiger partial charge in [0.05, 0.1) is 214 Å². The first kappa shape index (κ1) is 99.4. The first-order valence-corrected chi connectivity index (χ1v) is 56.5. The van der Waals surface area contributed by atoms with Crippen molar-refractivity contribution in [1.29, 1.82) is 0 Å². The lowest BCUT2D eigenvalue weighted by atomic mass is 10.2. The van der Waals surface area contributed by atoms with Gasteiger partial charge in [-0.2, -0.15) is 51.7 Å². The summed E-state index contributed by atoms with van der Waals surface area (Å²) in [6, 6.07) is 45.3. The van der Waals surface area contributed by atoms with Crippen LogP contribution >= 0.6 is 0 Å². The van der Waals surface area contributed by atoms with Gasteiger partial charge in [-0.3, -0.25) is 13.7 Å². The number of ether oxygens (including phenoxy) is 8. The number of benzene rings is 4. The third-order valence-corrected chi connectivity index (χ3v) is 31.4. The van der Waals surface area contributed by atoms with Crippen LogP contribution in [0.5, 0.6) is 5.75 Å². The van der Waals surface area contributed by atoms with Gasteiger partial charge in [0.2, 0.25) is 17.8 Å². The zero-order valence-corrected chi connectivity index (χ0v) is 84.1. The van der Waals surface area contributed by atoms with Crippen molar-refractivity contribution in [3.63, 3.8) is 0 Å². The Balaban J connectivity index is 0.000000121. The fraction of sp³-hybridized carbons (Fsp3) is 0.441. The van der Waals surface area contributed by atoms with Crippen LogP contribution in [-0.4, -0.2) is 338 Å². The first-order valence-electron chi connectivity index (χ1n) is 45.8. The fourth-order valence-electron chi connectivity index (χ4n) is 16.2. The lowest BCUT2D eigenvalue weighted by Gasteiger charge is -2.34. The number of morpholine rings is 5. The Hall–Kier alpha value is -12.1. The number of nitrogen functional groups attached to an aromatic ring is 1. The van der Waals surface area contributed by atoms with E-state index in [9.17, 15) is 26.2 Å². The summed E-state index contributed by atoms with van der Waals surface area (Å²) < 4.78 is 135. The van der Waals surface area contributed by atoms with Gasteiger partial charge in [0.15, 0.2) is 40.7 Å². The van der Waals surface area contributed by atoms with E-state index in [-0.39, 0.29) is 51.7 Å². The van der Waals surface area contributed by atoms with E-state index < -0.39 is 48.6 Å². The van der Waals surface area contributed by atoms with Crippen molar-refractivity contribution < 1.29 is 64.0 Å². The summed E-state index contributed by atoms with van der Waals surface area (Å²) in [5.41, 5.74) is 12.3. The summed E-state index contributed by atoms with van der Waals surface area (Å²) in [6.45, 7) is 23.1. The highest BCUT2D eigenvalue weighted by Crippen LogP contribution is 2.36. The standard InChI is InChI=1S/3C20H24N6O3S.C17H22N4O3S.C16H22N6O2S/c3*1-14-10-28-8-7-25(14)19-9-18(24-30(2,27)15-11-29-12-15)22-20(23-19)26-13-21-16-5-3-4-6-17(16)26;1-12-11-24-8-7-21(12)16-10-15(20-25(2,3)23)18-17(19-16)13-5-4-6-14(22)9-13;1-11-10-24-8-7-22(11)15-9-14(21-25(2,3)23)19-16(20-15)12-5-4-6-13(17)18-12/h3*3-6,9,13-15H,7-8,10-12H2,1-2H3;4-6,9-10,12,22H,7-8,11H2,1-3H3;4-6,9,11H,7-8,10H2,1-3H3,(H2,17,18)/t14-,30?;2*14-,30+;12-;11-/m11111/s1. The number of nitrogens with zero attached hydrogens (tertiary/aromatic N) is 27. The number of anilines is 6. The minimum absolute atomic E-state index is 0.0734. The number of rotatable bonds is 18. The smallest absolute Gasteiger partial charge is 0.239 e. The van der Waals surface area contributed by atoms with Gasteiger partial charge in [0.25, 0.3) is 0 Å². The molecule has 742 valence electrons. The summed E-state index contributed by atoms with van der Waals surface area (Å²) in [5.74, 6) is 8.37. The number of aromatic hydroxyl groups is 1. The molecule has 0 bridgehead atoms. The van der Waals surface area contributed by atoms with Crippen LogP contribution in [-0.2, 0) is 86.5 Å². The van der Waals surface area contributed by atoms with E-state index >= 15 is 0 Å². The molecule has 0 amide bonds. The van der Waals surface area contributed by atoms with Gasteiger partial charge >= 0.3 is 0 Å². The molecule has 3 N–H and O–H groups in total. The lowest BCUT2D eigenvalue weighted by Crippen LogP contribution is -2.44. The van der Waals surface area contributed by atoms with E-state index in [1.165, 1.54) is 0 Å². The largest absolute Gasteiger partial charge is 0.508 e. The van der Waals surface area contributed by atoms with Crippen LogP contribution in [0.4, 0.5) is 64.0 Å². The van der Waals surface area contributed by atoms with Crippen LogP contribution in [0.25, 0.3) is 73.9 Å². The molecule has 0 saturated carbocycles. The summed E-state index contributed by atoms with van der Waals surface area (Å²) in [4.78, 5) is 74.9. The molecule has 8 saturated heterocycles. The quantitative estimate of drug-likeness (QED) is 0.0805. The highest BCUT2D eigenvalue weighted by Gasteiger charge is 2.34. The van der Waals surface area contributed by atoms with E-state index in [0.29, 0.717) is 200 Å². The molecule has 0 spiro atoms. The van der Waals surface area contributed by atoms with Gasteiger partial charge in [-0.25, -0.2) is 60.9 Å². The van der Waals surface area contributed by atoms with Gasteiger partial charge in [-0.05, 0) is 95.3 Å². The molecular formula is C93H116N28O14S5. The summed E-state index contributed by atoms with van der Waals surface area (Å²) >= 11 is 0. The molecule has 8 aliphatic rings. The molecule has 0 aliphatic carbocycles. The van der Waals surface area contributed by atoms with Crippen LogP contribution in [0, 0.1) is 0 Å². The van der Waals surface area contributed by atoms with Crippen LogP contribution in [0.3, 0.4) is 0 Å². The number of imidazole rings is 3. The van der Waals surface area contributed by atoms with E-state index in [1.54, 1.807) is 111 Å². The predicted molar refractivity (Wildman–Crippen MR) is 543 cm³/mol. The second kappa shape index (κ2) is 43.1.